The Kier molecular flexibility index (Phi) is 4.60. The molecule has 0 aliphatic rings. The van der Waals surface area contributed by atoms with Gasteiger partial charge in [-0.2, -0.15) is 0 Å². The predicted octanol–water partition coefficient (Wildman–Crippen LogP) is 4.34. The number of halogens is 1. The molecule has 0 N–H and O–H groups in total. The molecule has 0 saturated heterocycles. The van der Waals surface area contributed by atoms with E-state index in [9.17, 15) is 4.79 Å². The molecule has 1 aromatic rings. The quantitative estimate of drug-likeness (QED) is 0.610. The minimum Gasteiger partial charge on any atom is -0.454 e. The summed E-state index contributed by atoms with van der Waals surface area (Å²) in [5.74, 6) is -0.226. The van der Waals surface area contributed by atoms with Gasteiger partial charge in [-0.3, -0.25) is 4.79 Å². The highest BCUT2D eigenvalue weighted by Crippen LogP contribution is 2.30. The maximum Gasteiger partial charge on any atom is 0.323 e. The Balaban J connectivity index is 2.88. The van der Waals surface area contributed by atoms with Crippen molar-refractivity contribution in [1.82, 2.24) is 0 Å². The van der Waals surface area contributed by atoms with E-state index in [1.165, 1.54) is 5.56 Å². The van der Waals surface area contributed by atoms with Crippen LogP contribution in [-0.2, 0) is 15.1 Å². The number of carbonyl (C=O) groups excluding carboxylic acids is 1. The average molecular weight is 313 g/mol. The summed E-state index contributed by atoms with van der Waals surface area (Å²) in [7, 11) is 0. The lowest BCUT2D eigenvalue weighted by Gasteiger charge is -2.30. The maximum absolute atomic E-state index is 12.1. The zero-order valence-corrected chi connectivity index (χ0v) is 13.3. The van der Waals surface area contributed by atoms with Crippen LogP contribution in [0.3, 0.4) is 0 Å². The Morgan fingerprint density at radius 2 is 1.72 bits per heavy atom. The van der Waals surface area contributed by atoms with E-state index >= 15 is 0 Å². The van der Waals surface area contributed by atoms with E-state index in [0.29, 0.717) is 6.42 Å². The number of aryl methyl sites for hydroxylation is 1. The van der Waals surface area contributed by atoms with Gasteiger partial charge in [0, 0.05) is 0 Å². The second-order valence-electron chi connectivity index (χ2n) is 5.32. The van der Waals surface area contributed by atoms with Gasteiger partial charge in [0.1, 0.15) is 9.93 Å². The summed E-state index contributed by atoms with van der Waals surface area (Å²) in [5, 5.41) is 0. The molecule has 0 bridgehead atoms. The van der Waals surface area contributed by atoms with Crippen LogP contribution in [0.25, 0.3) is 0 Å². The molecule has 3 heteroatoms. The van der Waals surface area contributed by atoms with Crippen LogP contribution in [0.15, 0.2) is 24.3 Å². The first-order chi connectivity index (χ1) is 8.19. The van der Waals surface area contributed by atoms with Gasteiger partial charge in [-0.25, -0.2) is 0 Å². The third kappa shape index (κ3) is 3.58. The normalized spacial score (nSPS) is 15.0. The molecule has 1 atom stereocenters. The molecule has 2 nitrogen and oxygen atoms in total. The van der Waals surface area contributed by atoms with Gasteiger partial charge in [0.2, 0.25) is 0 Å². The molecule has 0 spiro atoms. The van der Waals surface area contributed by atoms with Crippen LogP contribution >= 0.6 is 15.9 Å². The molecule has 0 aliphatic heterocycles. The fourth-order valence-corrected chi connectivity index (χ4v) is 1.58. The molecule has 1 unspecified atom stereocenters. The van der Waals surface area contributed by atoms with Gasteiger partial charge in [-0.05, 0) is 39.7 Å². The Hall–Kier alpha value is -0.830. The lowest BCUT2D eigenvalue weighted by molar-refractivity contribution is -0.159. The number of rotatable bonds is 4. The van der Waals surface area contributed by atoms with Crippen molar-refractivity contribution in [3.8, 4) is 0 Å². The summed E-state index contributed by atoms with van der Waals surface area (Å²) < 4.78 is 5.02. The summed E-state index contributed by atoms with van der Waals surface area (Å²) in [5.41, 5.74) is 1.58. The van der Waals surface area contributed by atoms with Gasteiger partial charge < -0.3 is 4.74 Å². The van der Waals surface area contributed by atoms with E-state index in [2.05, 4.69) is 15.9 Å². The van der Waals surface area contributed by atoms with Gasteiger partial charge in [-0.1, -0.05) is 52.7 Å². The molecular weight excluding hydrogens is 292 g/mol. The Bertz CT molecular complexity index is 419. The number of alkyl halides is 1. The van der Waals surface area contributed by atoms with Crippen LogP contribution in [0.2, 0.25) is 0 Å². The third-order valence-corrected chi connectivity index (χ3v) is 4.07. The second-order valence-corrected chi connectivity index (χ2v) is 7.07. The smallest absolute Gasteiger partial charge is 0.323 e. The zero-order chi connectivity index (χ0) is 14.0. The second kappa shape index (κ2) is 5.43. The highest BCUT2D eigenvalue weighted by molar-refractivity contribution is 9.10. The van der Waals surface area contributed by atoms with Crippen molar-refractivity contribution in [2.45, 2.75) is 51.0 Å². The molecule has 1 aromatic carbocycles. The Morgan fingerprint density at radius 3 is 2.17 bits per heavy atom. The fourth-order valence-electron chi connectivity index (χ4n) is 1.50. The highest BCUT2D eigenvalue weighted by atomic mass is 79.9. The standard InChI is InChI=1S/C15H21BrO2/c1-6-15(5,16)13(17)18-14(3,4)12-9-7-11(2)8-10-12/h7-10H,6H2,1-5H3. The molecule has 0 heterocycles. The third-order valence-electron chi connectivity index (χ3n) is 3.18. The van der Waals surface area contributed by atoms with Crippen LogP contribution in [-0.4, -0.2) is 10.3 Å². The lowest BCUT2D eigenvalue weighted by atomic mass is 9.96. The SMILES string of the molecule is CCC(C)(Br)C(=O)OC(C)(C)c1ccc(C)cc1. The predicted molar refractivity (Wildman–Crippen MR) is 77.9 cm³/mol. The summed E-state index contributed by atoms with van der Waals surface area (Å²) in [6, 6.07) is 8.05. The van der Waals surface area contributed by atoms with Gasteiger partial charge in [0.15, 0.2) is 0 Å². The van der Waals surface area contributed by atoms with Crippen molar-refractivity contribution in [3.63, 3.8) is 0 Å². The molecule has 0 fully saturated rings. The van der Waals surface area contributed by atoms with Crippen LogP contribution in [0.5, 0.6) is 0 Å². The lowest BCUT2D eigenvalue weighted by Crippen LogP contribution is -2.36. The minimum atomic E-state index is -0.616. The van der Waals surface area contributed by atoms with Crippen LogP contribution in [0.4, 0.5) is 0 Å². The van der Waals surface area contributed by atoms with Crippen LogP contribution in [0, 0.1) is 6.92 Å². The molecule has 0 aliphatic carbocycles. The van der Waals surface area contributed by atoms with Gasteiger partial charge in [0.25, 0.3) is 0 Å². The van der Waals surface area contributed by atoms with Crippen molar-refractivity contribution in [2.75, 3.05) is 0 Å². The zero-order valence-electron chi connectivity index (χ0n) is 11.7. The van der Waals surface area contributed by atoms with E-state index in [0.717, 1.165) is 5.56 Å². The van der Waals surface area contributed by atoms with Crippen molar-refractivity contribution >= 4 is 21.9 Å². The summed E-state index contributed by atoms with van der Waals surface area (Å²) in [6.07, 6.45) is 0.690. The van der Waals surface area contributed by atoms with Gasteiger partial charge >= 0.3 is 5.97 Å². The molecule has 0 radical (unpaired) electrons. The first kappa shape index (κ1) is 15.2. The topological polar surface area (TPSA) is 26.3 Å². The van der Waals surface area contributed by atoms with Gasteiger partial charge in [0.05, 0.1) is 0 Å². The molecule has 0 saturated carbocycles. The fraction of sp³-hybridized carbons (Fsp3) is 0.533. The van der Waals surface area contributed by atoms with E-state index in [1.54, 1.807) is 0 Å². The molecule has 18 heavy (non-hydrogen) atoms. The Labute approximate surface area is 118 Å². The summed E-state index contributed by atoms with van der Waals surface area (Å²) >= 11 is 3.41. The summed E-state index contributed by atoms with van der Waals surface area (Å²) in [4.78, 5) is 12.1. The Morgan fingerprint density at radius 1 is 1.22 bits per heavy atom. The van der Waals surface area contributed by atoms with Gasteiger partial charge in [-0.15, -0.1) is 0 Å². The first-order valence-corrected chi connectivity index (χ1v) is 6.98. The van der Waals surface area contributed by atoms with E-state index in [-0.39, 0.29) is 5.97 Å². The average Bonchev–Trinajstić information content (AvgIpc) is 2.29. The van der Waals surface area contributed by atoms with Crippen molar-refractivity contribution in [1.29, 1.82) is 0 Å². The molecule has 100 valence electrons. The molecular formula is C15H21BrO2. The van der Waals surface area contributed by atoms with E-state index < -0.39 is 9.93 Å². The number of esters is 1. The van der Waals surface area contributed by atoms with Crippen molar-refractivity contribution in [3.05, 3.63) is 35.4 Å². The number of benzene rings is 1. The number of ether oxygens (including phenoxy) is 1. The number of carbonyl (C=O) groups is 1. The van der Waals surface area contributed by atoms with E-state index in [1.807, 2.05) is 58.9 Å². The van der Waals surface area contributed by atoms with E-state index in [4.69, 9.17) is 4.74 Å². The highest BCUT2D eigenvalue weighted by Gasteiger charge is 2.35. The molecule has 1 rings (SSSR count). The van der Waals surface area contributed by atoms with Crippen molar-refractivity contribution in [2.24, 2.45) is 0 Å². The first-order valence-electron chi connectivity index (χ1n) is 6.18. The maximum atomic E-state index is 12.1. The molecule has 0 amide bonds. The van der Waals surface area contributed by atoms with Crippen molar-refractivity contribution < 1.29 is 9.53 Å². The summed E-state index contributed by atoms with van der Waals surface area (Å²) in [6.45, 7) is 9.65. The van der Waals surface area contributed by atoms with Crippen LogP contribution in [0.1, 0.15) is 45.2 Å². The molecule has 0 aromatic heterocycles. The van der Waals surface area contributed by atoms with Crippen LogP contribution < -0.4 is 0 Å². The number of hydrogen-bond acceptors (Lipinski definition) is 2. The monoisotopic (exact) mass is 312 g/mol. The largest absolute Gasteiger partial charge is 0.454 e. The minimum absolute atomic E-state index is 0.226. The number of hydrogen-bond donors (Lipinski definition) is 0.